The highest BCUT2D eigenvalue weighted by Gasteiger charge is 2.03. The predicted molar refractivity (Wildman–Crippen MR) is 72.7 cm³/mol. The molecule has 0 atom stereocenters. The number of anilines is 1. The molecule has 0 amide bonds. The molecule has 0 spiro atoms. The lowest BCUT2D eigenvalue weighted by molar-refractivity contribution is 0.211. The first-order valence-electron chi connectivity index (χ1n) is 5.55. The lowest BCUT2D eigenvalue weighted by Gasteiger charge is -2.00. The van der Waals surface area contributed by atoms with Crippen LogP contribution in [0.3, 0.4) is 0 Å². The van der Waals surface area contributed by atoms with Gasteiger partial charge in [0, 0.05) is 19.9 Å². The molecule has 0 saturated heterocycles. The Morgan fingerprint density at radius 2 is 2.29 bits per heavy atom. The van der Waals surface area contributed by atoms with Crippen LogP contribution < -0.4 is 5.32 Å². The van der Waals surface area contributed by atoms with E-state index in [0.29, 0.717) is 6.61 Å². The van der Waals surface area contributed by atoms with E-state index in [4.69, 9.17) is 4.74 Å². The molecule has 0 bridgehead atoms. The van der Waals surface area contributed by atoms with E-state index in [1.54, 1.807) is 18.4 Å². The van der Waals surface area contributed by atoms with Gasteiger partial charge in [0.05, 0.1) is 11.5 Å². The van der Waals surface area contributed by atoms with Gasteiger partial charge in [-0.05, 0) is 12.5 Å². The summed E-state index contributed by atoms with van der Waals surface area (Å²) < 4.78 is 4.99. The van der Waals surface area contributed by atoms with Crippen LogP contribution in [0.4, 0.5) is 5.13 Å². The van der Waals surface area contributed by atoms with Gasteiger partial charge in [-0.15, -0.1) is 0 Å². The summed E-state index contributed by atoms with van der Waals surface area (Å²) in [7, 11) is 1.70. The number of ether oxygens (including phenoxy) is 1. The largest absolute Gasteiger partial charge is 0.383 e. The third-order valence-electron chi connectivity index (χ3n) is 2.39. The Bertz CT molecular complexity index is 482. The number of thiazole rings is 1. The van der Waals surface area contributed by atoms with Gasteiger partial charge >= 0.3 is 0 Å². The summed E-state index contributed by atoms with van der Waals surface area (Å²) in [6.45, 7) is 3.58. The van der Waals surface area contributed by atoms with Crippen LogP contribution in [0.15, 0.2) is 30.5 Å². The van der Waals surface area contributed by atoms with Gasteiger partial charge in [0.2, 0.25) is 0 Å². The van der Waals surface area contributed by atoms with Gasteiger partial charge in [-0.25, -0.2) is 4.98 Å². The zero-order chi connectivity index (χ0) is 12.1. The van der Waals surface area contributed by atoms with Gasteiger partial charge < -0.3 is 10.1 Å². The van der Waals surface area contributed by atoms with Crippen molar-refractivity contribution in [3.63, 3.8) is 0 Å². The molecule has 0 radical (unpaired) electrons. The summed E-state index contributed by atoms with van der Waals surface area (Å²) in [6, 6.07) is 8.45. The smallest absolute Gasteiger partial charge is 0.183 e. The van der Waals surface area contributed by atoms with Crippen molar-refractivity contribution in [3.05, 3.63) is 36.0 Å². The third kappa shape index (κ3) is 3.28. The molecule has 0 aliphatic rings. The van der Waals surface area contributed by atoms with E-state index < -0.39 is 0 Å². The SMILES string of the molecule is COCCNc1ncc(-c2cccc(C)c2)s1. The van der Waals surface area contributed by atoms with E-state index in [1.165, 1.54) is 16.0 Å². The van der Waals surface area contributed by atoms with Crippen LogP contribution in [0.2, 0.25) is 0 Å². The molecule has 4 heteroatoms. The maximum Gasteiger partial charge on any atom is 0.183 e. The van der Waals surface area contributed by atoms with Crippen molar-refractivity contribution < 1.29 is 4.74 Å². The topological polar surface area (TPSA) is 34.1 Å². The Hall–Kier alpha value is -1.39. The van der Waals surface area contributed by atoms with E-state index in [0.717, 1.165) is 11.7 Å². The normalized spacial score (nSPS) is 10.5. The molecule has 0 unspecified atom stereocenters. The minimum absolute atomic E-state index is 0.694. The van der Waals surface area contributed by atoms with Crippen LogP contribution in [0.5, 0.6) is 0 Å². The maximum atomic E-state index is 4.99. The van der Waals surface area contributed by atoms with E-state index >= 15 is 0 Å². The molecule has 2 aromatic rings. The fourth-order valence-corrected chi connectivity index (χ4v) is 2.39. The quantitative estimate of drug-likeness (QED) is 0.825. The average molecular weight is 248 g/mol. The number of hydrogen-bond donors (Lipinski definition) is 1. The Morgan fingerprint density at radius 3 is 3.06 bits per heavy atom. The molecule has 0 fully saturated rings. The van der Waals surface area contributed by atoms with Crippen LogP contribution in [-0.4, -0.2) is 25.2 Å². The van der Waals surface area contributed by atoms with Crippen LogP contribution in [-0.2, 0) is 4.74 Å². The molecule has 1 N–H and O–H groups in total. The number of hydrogen-bond acceptors (Lipinski definition) is 4. The molecule has 90 valence electrons. The summed E-state index contributed by atoms with van der Waals surface area (Å²) in [5.74, 6) is 0. The molecule has 0 saturated carbocycles. The van der Waals surface area contributed by atoms with Gasteiger partial charge in [0.25, 0.3) is 0 Å². The lowest BCUT2D eigenvalue weighted by Crippen LogP contribution is -2.06. The van der Waals surface area contributed by atoms with Crippen LogP contribution in [0.1, 0.15) is 5.56 Å². The molecule has 0 aliphatic carbocycles. The minimum atomic E-state index is 0.694. The number of aromatic nitrogens is 1. The first-order valence-corrected chi connectivity index (χ1v) is 6.37. The molecule has 17 heavy (non-hydrogen) atoms. The zero-order valence-electron chi connectivity index (χ0n) is 10.1. The lowest BCUT2D eigenvalue weighted by atomic mass is 10.1. The van der Waals surface area contributed by atoms with Gasteiger partial charge in [-0.2, -0.15) is 0 Å². The van der Waals surface area contributed by atoms with Crippen LogP contribution in [0.25, 0.3) is 10.4 Å². The first-order chi connectivity index (χ1) is 8.29. The number of methoxy groups -OCH3 is 1. The van der Waals surface area contributed by atoms with E-state index in [2.05, 4.69) is 41.5 Å². The predicted octanol–water partition coefficient (Wildman–Crippen LogP) is 3.18. The number of aryl methyl sites for hydroxylation is 1. The number of benzene rings is 1. The van der Waals surface area contributed by atoms with Crippen molar-refractivity contribution in [3.8, 4) is 10.4 Å². The summed E-state index contributed by atoms with van der Waals surface area (Å²) in [5, 5.41) is 4.18. The van der Waals surface area contributed by atoms with Crippen molar-refractivity contribution in [2.24, 2.45) is 0 Å². The zero-order valence-corrected chi connectivity index (χ0v) is 10.9. The monoisotopic (exact) mass is 248 g/mol. The molecule has 3 nitrogen and oxygen atoms in total. The van der Waals surface area contributed by atoms with Crippen LogP contribution in [0, 0.1) is 6.92 Å². The third-order valence-corrected chi connectivity index (χ3v) is 3.39. The highest BCUT2D eigenvalue weighted by atomic mass is 32.1. The van der Waals surface area contributed by atoms with Crippen molar-refractivity contribution >= 4 is 16.5 Å². The van der Waals surface area contributed by atoms with Crippen molar-refractivity contribution in [1.82, 2.24) is 4.98 Å². The average Bonchev–Trinajstić information content (AvgIpc) is 2.78. The van der Waals surface area contributed by atoms with Crippen molar-refractivity contribution in [2.75, 3.05) is 25.6 Å². The van der Waals surface area contributed by atoms with E-state index in [-0.39, 0.29) is 0 Å². The highest BCUT2D eigenvalue weighted by molar-refractivity contribution is 7.18. The van der Waals surface area contributed by atoms with Crippen molar-refractivity contribution in [1.29, 1.82) is 0 Å². The fraction of sp³-hybridized carbons (Fsp3) is 0.308. The molecular formula is C13H16N2OS. The van der Waals surface area contributed by atoms with Gasteiger partial charge in [-0.3, -0.25) is 0 Å². The van der Waals surface area contributed by atoms with Gasteiger partial charge in [-0.1, -0.05) is 41.2 Å². The number of nitrogens with zero attached hydrogens (tertiary/aromatic N) is 1. The molecule has 2 rings (SSSR count). The number of rotatable bonds is 5. The van der Waals surface area contributed by atoms with Crippen molar-refractivity contribution in [2.45, 2.75) is 6.92 Å². The number of nitrogens with one attached hydrogen (secondary N) is 1. The second-order valence-electron chi connectivity index (χ2n) is 3.82. The Labute approximate surface area is 105 Å². The second kappa shape index (κ2) is 5.80. The molecule has 0 aliphatic heterocycles. The van der Waals surface area contributed by atoms with E-state index in [1.807, 2.05) is 6.20 Å². The van der Waals surface area contributed by atoms with Crippen LogP contribution >= 0.6 is 11.3 Å². The molecule has 1 heterocycles. The maximum absolute atomic E-state index is 4.99. The second-order valence-corrected chi connectivity index (χ2v) is 4.85. The van der Waals surface area contributed by atoms with Gasteiger partial charge in [0.1, 0.15) is 0 Å². The molecular weight excluding hydrogens is 232 g/mol. The Morgan fingerprint density at radius 1 is 1.41 bits per heavy atom. The van der Waals surface area contributed by atoms with E-state index in [9.17, 15) is 0 Å². The molecule has 1 aromatic carbocycles. The summed E-state index contributed by atoms with van der Waals surface area (Å²) in [4.78, 5) is 5.53. The summed E-state index contributed by atoms with van der Waals surface area (Å²) in [5.41, 5.74) is 2.49. The minimum Gasteiger partial charge on any atom is -0.383 e. The Kier molecular flexibility index (Phi) is 4.12. The Balaban J connectivity index is 2.07. The fourth-order valence-electron chi connectivity index (χ4n) is 1.55. The standard InChI is InChI=1S/C13H16N2OS/c1-10-4-3-5-11(8-10)12-9-15-13(17-12)14-6-7-16-2/h3-5,8-9H,6-7H2,1-2H3,(H,14,15). The first kappa shape index (κ1) is 12.1. The molecule has 1 aromatic heterocycles. The summed E-state index contributed by atoms with van der Waals surface area (Å²) in [6.07, 6.45) is 1.91. The highest BCUT2D eigenvalue weighted by Crippen LogP contribution is 2.29. The van der Waals surface area contributed by atoms with Gasteiger partial charge in [0.15, 0.2) is 5.13 Å². The summed E-state index contributed by atoms with van der Waals surface area (Å²) >= 11 is 1.67.